The molecule has 0 spiro atoms. The summed E-state index contributed by atoms with van der Waals surface area (Å²) in [5.74, 6) is 0. The van der Waals surface area contributed by atoms with E-state index in [1.165, 1.54) is 32.2 Å². The number of thiophene rings is 1. The number of rotatable bonds is 1. The molecule has 21 heavy (non-hydrogen) atoms. The van der Waals surface area contributed by atoms with Gasteiger partial charge in [-0.2, -0.15) is 0 Å². The number of hydrogen-bond acceptors (Lipinski definition) is 2. The van der Waals surface area contributed by atoms with Gasteiger partial charge >= 0.3 is 0 Å². The second kappa shape index (κ2) is 4.68. The van der Waals surface area contributed by atoms with Crippen molar-refractivity contribution in [2.24, 2.45) is 0 Å². The van der Waals surface area contributed by atoms with E-state index in [4.69, 9.17) is 4.98 Å². The highest BCUT2D eigenvalue weighted by molar-refractivity contribution is 7.25. The molecule has 0 bridgehead atoms. The maximum absolute atomic E-state index is 4.86. The van der Waals surface area contributed by atoms with Crippen LogP contribution in [0.1, 0.15) is 11.1 Å². The molecule has 0 radical (unpaired) electrons. The molecule has 0 unspecified atom stereocenters. The van der Waals surface area contributed by atoms with Crippen molar-refractivity contribution in [1.82, 2.24) is 4.98 Å². The van der Waals surface area contributed by atoms with Crippen LogP contribution in [0.5, 0.6) is 0 Å². The molecule has 2 aromatic heterocycles. The molecule has 0 aliphatic carbocycles. The minimum atomic E-state index is 1.04. The largest absolute Gasteiger partial charge is 0.237 e. The standard InChI is InChI=1S/C19H15NS/c1-12-10-16-15-8-9-17(14-6-4-3-5-7-14)20-19(15)21-18(16)11-13(12)2/h3-11H,1-2H3. The number of aryl methyl sites for hydroxylation is 2. The van der Waals surface area contributed by atoms with Crippen molar-refractivity contribution in [3.05, 3.63) is 65.7 Å². The van der Waals surface area contributed by atoms with E-state index in [2.05, 4.69) is 62.4 Å². The second-order valence-electron chi connectivity index (χ2n) is 5.45. The maximum Gasteiger partial charge on any atom is 0.125 e. The monoisotopic (exact) mass is 289 g/mol. The van der Waals surface area contributed by atoms with E-state index < -0.39 is 0 Å². The molecule has 0 aliphatic heterocycles. The van der Waals surface area contributed by atoms with Crippen molar-refractivity contribution in [2.45, 2.75) is 13.8 Å². The Morgan fingerprint density at radius 2 is 1.57 bits per heavy atom. The van der Waals surface area contributed by atoms with Gasteiger partial charge in [-0.15, -0.1) is 11.3 Å². The lowest BCUT2D eigenvalue weighted by molar-refractivity contribution is 1.37. The first kappa shape index (κ1) is 12.5. The van der Waals surface area contributed by atoms with Gasteiger partial charge in [0.25, 0.3) is 0 Å². The topological polar surface area (TPSA) is 12.9 Å². The Bertz CT molecular complexity index is 952. The summed E-state index contributed by atoms with van der Waals surface area (Å²) < 4.78 is 1.32. The first-order valence-corrected chi connectivity index (χ1v) is 7.90. The molecule has 0 amide bonds. The summed E-state index contributed by atoms with van der Waals surface area (Å²) in [4.78, 5) is 5.98. The highest BCUT2D eigenvalue weighted by atomic mass is 32.1. The molecule has 0 N–H and O–H groups in total. The number of benzene rings is 2. The zero-order valence-corrected chi connectivity index (χ0v) is 12.9. The van der Waals surface area contributed by atoms with Crippen molar-refractivity contribution < 1.29 is 0 Å². The summed E-state index contributed by atoms with van der Waals surface area (Å²) in [6.07, 6.45) is 0. The van der Waals surface area contributed by atoms with Crippen LogP contribution in [0.3, 0.4) is 0 Å². The molecule has 0 fully saturated rings. The summed E-state index contributed by atoms with van der Waals surface area (Å²) in [5.41, 5.74) is 4.90. The molecule has 1 nitrogen and oxygen atoms in total. The zero-order valence-electron chi connectivity index (χ0n) is 12.1. The van der Waals surface area contributed by atoms with E-state index in [-0.39, 0.29) is 0 Å². The molecule has 2 heteroatoms. The van der Waals surface area contributed by atoms with Crippen LogP contribution >= 0.6 is 11.3 Å². The predicted molar refractivity (Wildman–Crippen MR) is 92.0 cm³/mol. The van der Waals surface area contributed by atoms with E-state index >= 15 is 0 Å². The van der Waals surface area contributed by atoms with E-state index in [9.17, 15) is 0 Å². The smallest absolute Gasteiger partial charge is 0.125 e. The van der Waals surface area contributed by atoms with E-state index in [0.29, 0.717) is 0 Å². The van der Waals surface area contributed by atoms with Crippen LogP contribution in [0.25, 0.3) is 31.6 Å². The predicted octanol–water partition coefficient (Wildman–Crippen LogP) is 5.73. The molecule has 4 rings (SSSR count). The third-order valence-electron chi connectivity index (χ3n) is 4.02. The molecule has 0 saturated carbocycles. The Morgan fingerprint density at radius 1 is 0.810 bits per heavy atom. The molecule has 2 heterocycles. The molecule has 0 saturated heterocycles. The number of aromatic nitrogens is 1. The molecular weight excluding hydrogens is 274 g/mol. The van der Waals surface area contributed by atoms with Gasteiger partial charge in [0.1, 0.15) is 4.83 Å². The first-order chi connectivity index (χ1) is 10.2. The van der Waals surface area contributed by atoms with E-state index in [0.717, 1.165) is 10.5 Å². The molecule has 0 aliphatic rings. The summed E-state index contributed by atoms with van der Waals surface area (Å²) >= 11 is 1.78. The Morgan fingerprint density at radius 3 is 2.38 bits per heavy atom. The fraction of sp³-hybridized carbons (Fsp3) is 0.105. The highest BCUT2D eigenvalue weighted by Gasteiger charge is 2.09. The second-order valence-corrected chi connectivity index (χ2v) is 6.48. The fourth-order valence-electron chi connectivity index (χ4n) is 2.68. The minimum Gasteiger partial charge on any atom is -0.237 e. The van der Waals surface area contributed by atoms with Gasteiger partial charge in [0, 0.05) is 21.0 Å². The van der Waals surface area contributed by atoms with Gasteiger partial charge in [-0.05, 0) is 49.2 Å². The summed E-state index contributed by atoms with van der Waals surface area (Å²) in [6, 6.07) is 19.3. The van der Waals surface area contributed by atoms with Crippen LogP contribution in [0.2, 0.25) is 0 Å². The Balaban J connectivity index is 1.99. The number of hydrogen-bond donors (Lipinski definition) is 0. The first-order valence-electron chi connectivity index (χ1n) is 7.08. The number of fused-ring (bicyclic) bond motifs is 3. The van der Waals surface area contributed by atoms with Crippen molar-refractivity contribution >= 4 is 31.6 Å². The minimum absolute atomic E-state index is 1.04. The summed E-state index contributed by atoms with van der Waals surface area (Å²) in [5, 5.41) is 2.59. The average molecular weight is 289 g/mol. The van der Waals surface area contributed by atoms with Crippen LogP contribution < -0.4 is 0 Å². The SMILES string of the molecule is Cc1cc2sc3nc(-c4ccccc4)ccc3c2cc1C. The molecule has 0 atom stereocenters. The van der Waals surface area contributed by atoms with Gasteiger partial charge in [0.2, 0.25) is 0 Å². The van der Waals surface area contributed by atoms with Crippen LogP contribution in [0, 0.1) is 13.8 Å². The van der Waals surface area contributed by atoms with E-state index in [1.54, 1.807) is 11.3 Å². The van der Waals surface area contributed by atoms with Gasteiger partial charge in [0.05, 0.1) is 5.69 Å². The van der Waals surface area contributed by atoms with Crippen LogP contribution in [-0.4, -0.2) is 4.98 Å². The van der Waals surface area contributed by atoms with Crippen LogP contribution in [-0.2, 0) is 0 Å². The fourth-order valence-corrected chi connectivity index (χ4v) is 3.84. The molecule has 102 valence electrons. The lowest BCUT2D eigenvalue weighted by atomic mass is 10.1. The third-order valence-corrected chi connectivity index (χ3v) is 5.08. The summed E-state index contributed by atoms with van der Waals surface area (Å²) in [7, 11) is 0. The lowest BCUT2D eigenvalue weighted by Crippen LogP contribution is -1.82. The van der Waals surface area contributed by atoms with Crippen LogP contribution in [0.15, 0.2) is 54.6 Å². The van der Waals surface area contributed by atoms with Crippen molar-refractivity contribution in [1.29, 1.82) is 0 Å². The average Bonchev–Trinajstić information content (AvgIpc) is 2.85. The Hall–Kier alpha value is -2.19. The zero-order chi connectivity index (χ0) is 14.4. The summed E-state index contributed by atoms with van der Waals surface area (Å²) in [6.45, 7) is 4.34. The van der Waals surface area contributed by atoms with Gasteiger partial charge in [-0.3, -0.25) is 0 Å². The lowest BCUT2D eigenvalue weighted by Gasteiger charge is -2.01. The number of pyridine rings is 1. The van der Waals surface area contributed by atoms with Crippen molar-refractivity contribution in [3.8, 4) is 11.3 Å². The molecule has 2 aromatic carbocycles. The molecular formula is C19H15NS. The number of nitrogens with zero attached hydrogens (tertiary/aromatic N) is 1. The quantitative estimate of drug-likeness (QED) is 0.436. The Kier molecular flexibility index (Phi) is 2.79. The Labute approximate surface area is 127 Å². The molecule has 4 aromatic rings. The van der Waals surface area contributed by atoms with E-state index in [1.807, 2.05) is 6.07 Å². The van der Waals surface area contributed by atoms with Gasteiger partial charge in [-0.1, -0.05) is 30.3 Å². The van der Waals surface area contributed by atoms with Crippen molar-refractivity contribution in [2.75, 3.05) is 0 Å². The van der Waals surface area contributed by atoms with Crippen LogP contribution in [0.4, 0.5) is 0 Å². The van der Waals surface area contributed by atoms with Gasteiger partial charge < -0.3 is 0 Å². The van der Waals surface area contributed by atoms with Gasteiger partial charge in [-0.25, -0.2) is 4.98 Å². The normalized spacial score (nSPS) is 11.3. The maximum atomic E-state index is 4.86. The van der Waals surface area contributed by atoms with Gasteiger partial charge in [0.15, 0.2) is 0 Å². The third kappa shape index (κ3) is 2.03. The van der Waals surface area contributed by atoms with Crippen molar-refractivity contribution in [3.63, 3.8) is 0 Å². The highest BCUT2D eigenvalue weighted by Crippen LogP contribution is 2.35.